The summed E-state index contributed by atoms with van der Waals surface area (Å²) in [4.78, 5) is 13.0. The molecule has 0 radical (unpaired) electrons. The number of hydrogen-bond donors (Lipinski definition) is 1. The fourth-order valence-electron chi connectivity index (χ4n) is 4.99. The number of nitrogens with one attached hydrogen (secondary N) is 1. The third-order valence-corrected chi connectivity index (χ3v) is 8.37. The lowest BCUT2D eigenvalue weighted by Crippen LogP contribution is -2.11. The van der Waals surface area contributed by atoms with Crippen molar-refractivity contribution in [2.24, 2.45) is 14.1 Å². The van der Waals surface area contributed by atoms with Crippen LogP contribution in [0.1, 0.15) is 45.2 Å². The van der Waals surface area contributed by atoms with E-state index in [1.165, 1.54) is 7.11 Å². The van der Waals surface area contributed by atoms with E-state index >= 15 is 0 Å². The Labute approximate surface area is 260 Å². The molecule has 0 bridgehead atoms. The molecule has 0 aliphatic rings. The van der Waals surface area contributed by atoms with Crippen LogP contribution < -0.4 is 0 Å². The smallest absolute Gasteiger partial charge is 0.354 e. The summed E-state index contributed by atoms with van der Waals surface area (Å²) in [6.45, 7) is 1.90. The summed E-state index contributed by atoms with van der Waals surface area (Å²) in [5, 5.41) is 12.7. The van der Waals surface area contributed by atoms with Crippen molar-refractivity contribution in [2.45, 2.75) is 39.6 Å². The van der Waals surface area contributed by atoms with Gasteiger partial charge in [0.05, 0.1) is 67.1 Å². The molecule has 1 aromatic carbocycles. The summed E-state index contributed by atoms with van der Waals surface area (Å²) in [6, 6.07) is 5.22. The van der Waals surface area contributed by atoms with Gasteiger partial charge >= 0.3 is 5.97 Å². The molecule has 3 aromatic heterocycles. The molecule has 44 heavy (non-hydrogen) atoms. The number of nitrogens with zero attached hydrogens (tertiary/aromatic N) is 4. The maximum Gasteiger partial charge on any atom is 0.354 e. The zero-order valence-electron chi connectivity index (χ0n) is 25.1. The number of carbonyl (C=O) groups excluding carboxylic acids is 1. The first-order valence-corrected chi connectivity index (χ1v) is 17.3. The van der Waals surface area contributed by atoms with Gasteiger partial charge in [-0.15, -0.1) is 0 Å². The summed E-state index contributed by atoms with van der Waals surface area (Å²) in [5.41, 5.74) is 5.50. The van der Waals surface area contributed by atoms with Crippen LogP contribution in [0.2, 0.25) is 5.02 Å². The molecule has 14 nitrogen and oxygen atoms in total. The van der Waals surface area contributed by atoms with Crippen LogP contribution in [0.25, 0.3) is 22.0 Å². The molecular formula is C27H34ClN5O9S2. The summed E-state index contributed by atoms with van der Waals surface area (Å²) in [5.74, 6) is -0.544. The molecule has 0 atom stereocenters. The third kappa shape index (κ3) is 7.68. The molecule has 1 N–H and O–H groups in total. The van der Waals surface area contributed by atoms with Gasteiger partial charge in [-0.25, -0.2) is 4.79 Å². The van der Waals surface area contributed by atoms with Gasteiger partial charge in [0.25, 0.3) is 20.2 Å². The van der Waals surface area contributed by atoms with Crippen LogP contribution in [-0.2, 0) is 78.4 Å². The Kier molecular flexibility index (Phi) is 10.2. The van der Waals surface area contributed by atoms with Crippen LogP contribution in [0.15, 0.2) is 18.2 Å². The Morgan fingerprint density at radius 1 is 1.02 bits per heavy atom. The largest absolute Gasteiger partial charge is 0.464 e. The first-order valence-electron chi connectivity index (χ1n) is 13.3. The number of ether oxygens (including phenoxy) is 2. The number of hydrogen-bond acceptors (Lipinski definition) is 11. The highest BCUT2D eigenvalue weighted by molar-refractivity contribution is 7.86. The standard InChI is InChI=1S/C27H34ClN5O9S2/c1-16-23(22(31-33(16)3)15-40-13-17-12-18(30-29-17)14-42-44(6,37)38)24-21(28)10-9-20-19(8-7-11-41-43(5,35)36)26(27(34)39-4)32(2)25(20)24/h9-10,12H,7-8,11,13-15H2,1-6H3,(H,29,30). The minimum atomic E-state index is -3.60. The first-order chi connectivity index (χ1) is 20.6. The van der Waals surface area contributed by atoms with E-state index in [2.05, 4.69) is 15.3 Å². The van der Waals surface area contributed by atoms with Gasteiger partial charge in [-0.05, 0) is 37.5 Å². The van der Waals surface area contributed by atoms with Crippen LogP contribution in [0.5, 0.6) is 0 Å². The summed E-state index contributed by atoms with van der Waals surface area (Å²) >= 11 is 6.85. The monoisotopic (exact) mass is 671 g/mol. The number of aromatic nitrogens is 5. The second kappa shape index (κ2) is 13.4. The van der Waals surface area contributed by atoms with Gasteiger partial charge in [0.15, 0.2) is 0 Å². The van der Waals surface area contributed by atoms with Crippen molar-refractivity contribution in [1.29, 1.82) is 0 Å². The van der Waals surface area contributed by atoms with Crippen LogP contribution in [0.4, 0.5) is 0 Å². The molecule has 4 aromatic rings. The van der Waals surface area contributed by atoms with Gasteiger partial charge in [-0.1, -0.05) is 17.7 Å². The first kappa shape index (κ1) is 33.6. The Morgan fingerprint density at radius 3 is 2.39 bits per heavy atom. The molecule has 0 aliphatic heterocycles. The number of benzene rings is 1. The Balaban J connectivity index is 1.68. The minimum Gasteiger partial charge on any atom is -0.464 e. The van der Waals surface area contributed by atoms with Gasteiger partial charge in [0.1, 0.15) is 12.3 Å². The van der Waals surface area contributed by atoms with E-state index in [0.717, 1.165) is 29.2 Å². The predicted octanol–water partition coefficient (Wildman–Crippen LogP) is 3.15. The highest BCUT2D eigenvalue weighted by Crippen LogP contribution is 2.42. The molecular weight excluding hydrogens is 638 g/mol. The molecule has 240 valence electrons. The number of fused-ring (bicyclic) bond motifs is 1. The molecule has 3 heterocycles. The van der Waals surface area contributed by atoms with Crippen molar-refractivity contribution >= 4 is 48.7 Å². The zero-order valence-corrected chi connectivity index (χ0v) is 27.5. The van der Waals surface area contributed by atoms with Crippen molar-refractivity contribution in [3.63, 3.8) is 0 Å². The number of H-pyrrole nitrogens is 1. The normalized spacial score (nSPS) is 12.3. The average molecular weight is 672 g/mol. The van der Waals surface area contributed by atoms with Gasteiger partial charge in [-0.3, -0.25) is 18.1 Å². The van der Waals surface area contributed by atoms with Crippen LogP contribution in [-0.4, -0.2) is 73.6 Å². The lowest BCUT2D eigenvalue weighted by atomic mass is 9.98. The zero-order chi connectivity index (χ0) is 32.4. The van der Waals surface area contributed by atoms with Gasteiger partial charge in [0, 0.05) is 36.3 Å². The molecule has 4 rings (SSSR count). The average Bonchev–Trinajstić information content (AvgIpc) is 3.59. The molecule has 0 aliphatic carbocycles. The van der Waals surface area contributed by atoms with Crippen molar-refractivity contribution < 1.29 is 39.5 Å². The van der Waals surface area contributed by atoms with E-state index in [9.17, 15) is 21.6 Å². The molecule has 0 unspecified atom stereocenters. The second-order valence-electron chi connectivity index (χ2n) is 10.2. The van der Waals surface area contributed by atoms with E-state index in [0.29, 0.717) is 57.3 Å². The topological polar surface area (TPSA) is 174 Å². The van der Waals surface area contributed by atoms with E-state index in [4.69, 9.17) is 29.4 Å². The Morgan fingerprint density at radius 2 is 1.73 bits per heavy atom. The van der Waals surface area contributed by atoms with Crippen LogP contribution in [0, 0.1) is 6.92 Å². The van der Waals surface area contributed by atoms with Crippen LogP contribution >= 0.6 is 11.6 Å². The fourth-order valence-corrected chi connectivity index (χ4v) is 5.99. The number of aryl methyl sites for hydroxylation is 3. The third-order valence-electron chi connectivity index (χ3n) is 6.91. The molecule has 0 saturated carbocycles. The van der Waals surface area contributed by atoms with Gasteiger partial charge in [0.2, 0.25) is 0 Å². The maximum absolute atomic E-state index is 13.0. The van der Waals surface area contributed by atoms with Crippen LogP contribution in [0.3, 0.4) is 0 Å². The predicted molar refractivity (Wildman–Crippen MR) is 162 cm³/mol. The van der Waals surface area contributed by atoms with Crippen molar-refractivity contribution in [3.05, 3.63) is 57.3 Å². The fraction of sp³-hybridized carbons (Fsp3) is 0.444. The SMILES string of the molecule is COC(=O)c1c(CCCOS(C)(=O)=O)c2ccc(Cl)c(-c3c(COCc4cc(COS(C)(=O)=O)n[nH]4)nn(C)c3C)c2n1C. The number of halogens is 1. The van der Waals surface area contributed by atoms with Gasteiger partial charge < -0.3 is 14.0 Å². The van der Waals surface area contributed by atoms with Crippen molar-refractivity contribution in [1.82, 2.24) is 24.5 Å². The molecule has 0 amide bonds. The molecule has 0 saturated heterocycles. The summed E-state index contributed by atoms with van der Waals surface area (Å²) in [6.07, 6.45) is 2.64. The summed E-state index contributed by atoms with van der Waals surface area (Å²) < 4.78 is 69.6. The lowest BCUT2D eigenvalue weighted by molar-refractivity contribution is 0.0589. The number of esters is 1. The quantitative estimate of drug-likeness (QED) is 0.118. The Hall–Kier alpha value is -3.28. The highest BCUT2D eigenvalue weighted by atomic mass is 35.5. The molecule has 0 spiro atoms. The molecule has 17 heteroatoms. The minimum absolute atomic E-state index is 0.0396. The van der Waals surface area contributed by atoms with E-state index in [1.807, 2.05) is 13.0 Å². The highest BCUT2D eigenvalue weighted by Gasteiger charge is 2.27. The maximum atomic E-state index is 13.0. The Bertz CT molecular complexity index is 1910. The number of carbonyl (C=O) groups is 1. The second-order valence-corrected chi connectivity index (χ2v) is 13.9. The van der Waals surface area contributed by atoms with E-state index in [-0.39, 0.29) is 26.4 Å². The summed E-state index contributed by atoms with van der Waals surface area (Å²) in [7, 11) is -2.36. The van der Waals surface area contributed by atoms with Crippen molar-refractivity contribution in [3.8, 4) is 11.1 Å². The lowest BCUT2D eigenvalue weighted by Gasteiger charge is -2.12. The van der Waals surface area contributed by atoms with E-state index < -0.39 is 26.2 Å². The van der Waals surface area contributed by atoms with E-state index in [1.54, 1.807) is 35.5 Å². The number of aromatic amines is 1. The van der Waals surface area contributed by atoms with Gasteiger partial charge in [-0.2, -0.15) is 27.0 Å². The molecule has 0 fully saturated rings. The van der Waals surface area contributed by atoms with Crippen molar-refractivity contribution in [2.75, 3.05) is 26.2 Å². The number of methoxy groups -OCH3 is 1. The number of rotatable bonds is 14.